The van der Waals surface area contributed by atoms with E-state index in [2.05, 4.69) is 15.9 Å². The number of nitrogens with two attached hydrogens (primary N) is 1. The van der Waals surface area contributed by atoms with Crippen molar-refractivity contribution < 1.29 is 4.39 Å². The average molecular weight is 300 g/mol. The van der Waals surface area contributed by atoms with Crippen LogP contribution in [0.25, 0.3) is 0 Å². The molecule has 0 saturated carbocycles. The molecule has 0 aliphatic carbocycles. The van der Waals surface area contributed by atoms with Crippen molar-refractivity contribution in [2.24, 2.45) is 5.73 Å². The fraction of sp³-hybridized carbons (Fsp3) is 0.167. The van der Waals surface area contributed by atoms with Crippen LogP contribution < -0.4 is 5.73 Å². The van der Waals surface area contributed by atoms with Gasteiger partial charge in [-0.3, -0.25) is 0 Å². The van der Waals surface area contributed by atoms with E-state index in [1.54, 1.807) is 29.5 Å². The highest BCUT2D eigenvalue weighted by molar-refractivity contribution is 9.10. The van der Waals surface area contributed by atoms with Gasteiger partial charge >= 0.3 is 0 Å². The van der Waals surface area contributed by atoms with Crippen LogP contribution in [0, 0.1) is 12.7 Å². The molecule has 0 fully saturated rings. The van der Waals surface area contributed by atoms with Crippen LogP contribution in [-0.4, -0.2) is 0 Å². The Morgan fingerprint density at radius 1 is 1.38 bits per heavy atom. The van der Waals surface area contributed by atoms with Crippen molar-refractivity contribution in [3.63, 3.8) is 0 Å². The molecule has 0 bridgehead atoms. The summed E-state index contributed by atoms with van der Waals surface area (Å²) in [5.41, 5.74) is 6.59. The van der Waals surface area contributed by atoms with Crippen LogP contribution in [-0.2, 0) is 0 Å². The first-order valence-electron chi connectivity index (χ1n) is 4.85. The molecule has 84 valence electrons. The minimum absolute atomic E-state index is 0.253. The molecule has 0 aliphatic heterocycles. The van der Waals surface area contributed by atoms with Gasteiger partial charge in [0.25, 0.3) is 0 Å². The number of hydrogen-bond acceptors (Lipinski definition) is 2. The van der Waals surface area contributed by atoms with Gasteiger partial charge < -0.3 is 5.73 Å². The average Bonchev–Trinajstić information content (AvgIpc) is 2.59. The Morgan fingerprint density at radius 3 is 2.62 bits per heavy atom. The minimum atomic E-state index is -0.392. The highest BCUT2D eigenvalue weighted by atomic mass is 79.9. The van der Waals surface area contributed by atoms with Gasteiger partial charge in [-0.15, -0.1) is 11.3 Å². The third-order valence-electron chi connectivity index (χ3n) is 2.42. The van der Waals surface area contributed by atoms with E-state index in [0.717, 1.165) is 14.2 Å². The van der Waals surface area contributed by atoms with Crippen molar-refractivity contribution in [1.82, 2.24) is 0 Å². The van der Waals surface area contributed by atoms with Gasteiger partial charge in [0.1, 0.15) is 5.82 Å². The molecule has 0 aliphatic rings. The number of aryl methyl sites for hydroxylation is 1. The molecule has 1 aromatic heterocycles. The summed E-state index contributed by atoms with van der Waals surface area (Å²) in [6.07, 6.45) is 0. The SMILES string of the molecule is Cc1sc(C(N)c2ccccc2F)cc1Br. The third-order valence-corrected chi connectivity index (χ3v) is 4.64. The van der Waals surface area contributed by atoms with E-state index in [9.17, 15) is 4.39 Å². The van der Waals surface area contributed by atoms with Crippen LogP contribution in [0.5, 0.6) is 0 Å². The molecule has 2 aromatic rings. The number of rotatable bonds is 2. The first-order valence-corrected chi connectivity index (χ1v) is 6.46. The summed E-state index contributed by atoms with van der Waals surface area (Å²) >= 11 is 5.02. The molecule has 2 rings (SSSR count). The Bertz CT molecular complexity index is 490. The summed E-state index contributed by atoms with van der Waals surface area (Å²) in [6.45, 7) is 2.01. The lowest BCUT2D eigenvalue weighted by Gasteiger charge is -2.10. The quantitative estimate of drug-likeness (QED) is 0.891. The molecule has 1 atom stereocenters. The van der Waals surface area contributed by atoms with E-state index in [1.807, 2.05) is 13.0 Å². The first-order chi connectivity index (χ1) is 7.59. The van der Waals surface area contributed by atoms with Gasteiger partial charge in [-0.05, 0) is 35.0 Å². The molecule has 4 heteroatoms. The van der Waals surface area contributed by atoms with Gasteiger partial charge in [-0.2, -0.15) is 0 Å². The maximum atomic E-state index is 13.5. The first kappa shape index (κ1) is 11.8. The second-order valence-corrected chi connectivity index (χ2v) is 5.69. The normalized spacial score (nSPS) is 12.8. The zero-order valence-electron chi connectivity index (χ0n) is 8.71. The Kier molecular flexibility index (Phi) is 3.42. The Balaban J connectivity index is 2.39. The summed E-state index contributed by atoms with van der Waals surface area (Å²) in [7, 11) is 0. The molecular weight excluding hydrogens is 289 g/mol. The van der Waals surface area contributed by atoms with Crippen molar-refractivity contribution in [3.05, 3.63) is 55.9 Å². The molecule has 2 N–H and O–H groups in total. The number of benzene rings is 1. The van der Waals surface area contributed by atoms with Crippen LogP contribution in [0.2, 0.25) is 0 Å². The smallest absolute Gasteiger partial charge is 0.128 e. The fourth-order valence-corrected chi connectivity index (χ4v) is 3.10. The van der Waals surface area contributed by atoms with Crippen LogP contribution in [0.4, 0.5) is 4.39 Å². The second kappa shape index (κ2) is 4.65. The van der Waals surface area contributed by atoms with Gasteiger partial charge in [0.15, 0.2) is 0 Å². The van der Waals surface area contributed by atoms with E-state index in [4.69, 9.17) is 5.73 Å². The topological polar surface area (TPSA) is 26.0 Å². The Morgan fingerprint density at radius 2 is 2.06 bits per heavy atom. The summed E-state index contributed by atoms with van der Waals surface area (Å²) in [5, 5.41) is 0. The van der Waals surface area contributed by atoms with Gasteiger partial charge in [0.05, 0.1) is 6.04 Å². The number of halogens is 2. The lowest BCUT2D eigenvalue weighted by Crippen LogP contribution is -2.11. The minimum Gasteiger partial charge on any atom is -0.320 e. The molecule has 1 heterocycles. The van der Waals surface area contributed by atoms with E-state index in [1.165, 1.54) is 6.07 Å². The van der Waals surface area contributed by atoms with Crippen molar-refractivity contribution >= 4 is 27.3 Å². The van der Waals surface area contributed by atoms with E-state index in [-0.39, 0.29) is 5.82 Å². The highest BCUT2D eigenvalue weighted by Gasteiger charge is 2.16. The van der Waals surface area contributed by atoms with E-state index >= 15 is 0 Å². The standard InChI is InChI=1S/C12H11BrFNS/c1-7-9(13)6-11(16-7)12(15)8-4-2-3-5-10(8)14/h2-6,12H,15H2,1H3. The molecule has 16 heavy (non-hydrogen) atoms. The second-order valence-electron chi connectivity index (χ2n) is 3.55. The molecule has 1 aromatic carbocycles. The lowest BCUT2D eigenvalue weighted by atomic mass is 10.1. The fourth-order valence-electron chi connectivity index (χ4n) is 1.52. The number of hydrogen-bond donors (Lipinski definition) is 1. The lowest BCUT2D eigenvalue weighted by molar-refractivity contribution is 0.601. The van der Waals surface area contributed by atoms with E-state index in [0.29, 0.717) is 5.56 Å². The summed E-state index contributed by atoms with van der Waals surface area (Å²) in [6, 6.07) is 8.19. The largest absolute Gasteiger partial charge is 0.320 e. The Labute approximate surface area is 106 Å². The zero-order chi connectivity index (χ0) is 11.7. The third kappa shape index (κ3) is 2.19. The summed E-state index contributed by atoms with van der Waals surface area (Å²) in [4.78, 5) is 2.12. The van der Waals surface area contributed by atoms with Crippen LogP contribution in [0.3, 0.4) is 0 Å². The van der Waals surface area contributed by atoms with Crippen LogP contribution in [0.15, 0.2) is 34.8 Å². The molecular formula is C12H11BrFNS. The summed E-state index contributed by atoms with van der Waals surface area (Å²) < 4.78 is 14.6. The molecule has 0 radical (unpaired) electrons. The maximum absolute atomic E-state index is 13.5. The van der Waals surface area contributed by atoms with Gasteiger partial charge in [0, 0.05) is 19.8 Å². The highest BCUT2D eigenvalue weighted by Crippen LogP contribution is 2.33. The van der Waals surface area contributed by atoms with Crippen molar-refractivity contribution in [2.75, 3.05) is 0 Å². The van der Waals surface area contributed by atoms with Crippen LogP contribution in [0.1, 0.15) is 21.4 Å². The van der Waals surface area contributed by atoms with Crippen molar-refractivity contribution in [2.45, 2.75) is 13.0 Å². The predicted molar refractivity (Wildman–Crippen MR) is 69.2 cm³/mol. The van der Waals surface area contributed by atoms with Crippen molar-refractivity contribution in [1.29, 1.82) is 0 Å². The van der Waals surface area contributed by atoms with Gasteiger partial charge in [-0.25, -0.2) is 4.39 Å². The number of thiophene rings is 1. The molecule has 0 saturated heterocycles. The molecule has 0 spiro atoms. The molecule has 0 amide bonds. The van der Waals surface area contributed by atoms with Crippen molar-refractivity contribution in [3.8, 4) is 0 Å². The van der Waals surface area contributed by atoms with E-state index < -0.39 is 6.04 Å². The predicted octanol–water partition coefficient (Wildman–Crippen LogP) is 4.01. The van der Waals surface area contributed by atoms with Gasteiger partial charge in [0.2, 0.25) is 0 Å². The molecule has 1 unspecified atom stereocenters. The maximum Gasteiger partial charge on any atom is 0.128 e. The molecule has 1 nitrogen and oxygen atoms in total. The van der Waals surface area contributed by atoms with Crippen LogP contribution >= 0.6 is 27.3 Å². The summed E-state index contributed by atoms with van der Waals surface area (Å²) in [5.74, 6) is -0.253. The monoisotopic (exact) mass is 299 g/mol. The van der Waals surface area contributed by atoms with Gasteiger partial charge in [-0.1, -0.05) is 18.2 Å². The Hall–Kier alpha value is -0.710. The zero-order valence-corrected chi connectivity index (χ0v) is 11.1.